The van der Waals surface area contributed by atoms with E-state index >= 15 is 0 Å². The van der Waals surface area contributed by atoms with E-state index in [0.29, 0.717) is 11.4 Å². The monoisotopic (exact) mass is 414 g/mol. The number of halogens is 1. The van der Waals surface area contributed by atoms with Crippen LogP contribution in [0.5, 0.6) is 0 Å². The van der Waals surface area contributed by atoms with Crippen molar-refractivity contribution in [3.63, 3.8) is 0 Å². The fourth-order valence-electron chi connectivity index (χ4n) is 3.23. The number of aromatic nitrogens is 2. The van der Waals surface area contributed by atoms with Crippen molar-refractivity contribution in [2.75, 3.05) is 36.5 Å². The molecule has 0 atom stereocenters. The fraction of sp³-hybridized carbons (Fsp3) is 0.263. The lowest BCUT2D eigenvalue weighted by Gasteiger charge is -2.27. The fourth-order valence-corrected chi connectivity index (χ4v) is 4.01. The van der Waals surface area contributed by atoms with Crippen LogP contribution in [0, 0.1) is 0 Å². The lowest BCUT2D eigenvalue weighted by Crippen LogP contribution is -2.36. The molecule has 0 radical (unpaired) electrons. The summed E-state index contributed by atoms with van der Waals surface area (Å²) in [5, 5.41) is 3.95. The van der Waals surface area contributed by atoms with Crippen molar-refractivity contribution in [3.05, 3.63) is 52.8 Å². The maximum atomic E-state index is 12.8. The largest absolute Gasteiger partial charge is 0.378 e. The normalized spacial score (nSPS) is 14.6. The number of benzene rings is 1. The van der Waals surface area contributed by atoms with Gasteiger partial charge in [0.05, 0.1) is 29.6 Å². The SMILES string of the molecule is Cn1c(C(=O)Nc2ccc(N3CCOCC3)nc2)c(Br)c2ccccc21. The zero-order valence-corrected chi connectivity index (χ0v) is 16.0. The molecule has 6 nitrogen and oxygen atoms in total. The van der Waals surface area contributed by atoms with Gasteiger partial charge in [0, 0.05) is 31.0 Å². The first-order valence-electron chi connectivity index (χ1n) is 8.48. The number of morpholine rings is 1. The molecule has 3 heterocycles. The Bertz CT molecular complexity index is 907. The second kappa shape index (κ2) is 7.09. The molecule has 3 aromatic rings. The summed E-state index contributed by atoms with van der Waals surface area (Å²) in [6.07, 6.45) is 1.69. The molecule has 4 rings (SSSR count). The van der Waals surface area contributed by atoms with Crippen LogP contribution in [-0.4, -0.2) is 41.8 Å². The van der Waals surface area contributed by atoms with Crippen LogP contribution >= 0.6 is 15.9 Å². The summed E-state index contributed by atoms with van der Waals surface area (Å²) in [5.41, 5.74) is 2.26. The summed E-state index contributed by atoms with van der Waals surface area (Å²) < 4.78 is 8.05. The van der Waals surface area contributed by atoms with Gasteiger partial charge in [0.25, 0.3) is 5.91 Å². The molecule has 26 heavy (non-hydrogen) atoms. The van der Waals surface area contributed by atoms with Gasteiger partial charge in [-0.15, -0.1) is 0 Å². The van der Waals surface area contributed by atoms with Crippen LogP contribution in [0.3, 0.4) is 0 Å². The van der Waals surface area contributed by atoms with Crippen molar-refractivity contribution < 1.29 is 9.53 Å². The highest BCUT2D eigenvalue weighted by atomic mass is 79.9. The summed E-state index contributed by atoms with van der Waals surface area (Å²) in [7, 11) is 1.89. The minimum absolute atomic E-state index is 0.170. The number of anilines is 2. The molecule has 1 amide bonds. The van der Waals surface area contributed by atoms with Crippen molar-refractivity contribution in [2.24, 2.45) is 7.05 Å². The first-order valence-corrected chi connectivity index (χ1v) is 9.27. The number of nitrogens with zero attached hydrogens (tertiary/aromatic N) is 3. The predicted octanol–water partition coefficient (Wildman–Crippen LogP) is 3.42. The molecular weight excluding hydrogens is 396 g/mol. The molecule has 0 saturated carbocycles. The molecule has 1 aromatic carbocycles. The number of pyridine rings is 1. The number of aryl methyl sites for hydroxylation is 1. The van der Waals surface area contributed by atoms with Crippen molar-refractivity contribution in [2.45, 2.75) is 0 Å². The number of rotatable bonds is 3. The maximum absolute atomic E-state index is 12.8. The molecule has 1 aliphatic rings. The Labute approximate surface area is 159 Å². The second-order valence-electron chi connectivity index (χ2n) is 6.20. The second-order valence-corrected chi connectivity index (χ2v) is 6.99. The van der Waals surface area contributed by atoms with Gasteiger partial charge in [0.2, 0.25) is 0 Å². The molecule has 1 aliphatic heterocycles. The van der Waals surface area contributed by atoms with Gasteiger partial charge in [-0.2, -0.15) is 0 Å². The van der Waals surface area contributed by atoms with Crippen LogP contribution in [0.25, 0.3) is 10.9 Å². The molecule has 0 aliphatic carbocycles. The summed E-state index contributed by atoms with van der Waals surface area (Å²) in [6, 6.07) is 11.7. The minimum Gasteiger partial charge on any atom is -0.378 e. The van der Waals surface area contributed by atoms with Crippen molar-refractivity contribution in [1.29, 1.82) is 0 Å². The summed E-state index contributed by atoms with van der Waals surface area (Å²) in [4.78, 5) is 19.4. The van der Waals surface area contributed by atoms with Crippen LogP contribution in [-0.2, 0) is 11.8 Å². The minimum atomic E-state index is -0.170. The zero-order valence-electron chi connectivity index (χ0n) is 14.4. The highest BCUT2D eigenvalue weighted by Crippen LogP contribution is 2.30. The number of para-hydroxylation sites is 1. The Kier molecular flexibility index (Phi) is 4.65. The molecular formula is C19H19BrN4O2. The van der Waals surface area contributed by atoms with E-state index in [1.54, 1.807) is 6.20 Å². The number of hydrogen-bond acceptors (Lipinski definition) is 4. The van der Waals surface area contributed by atoms with E-state index in [0.717, 1.165) is 47.5 Å². The van der Waals surface area contributed by atoms with Crippen molar-refractivity contribution >= 4 is 44.2 Å². The van der Waals surface area contributed by atoms with E-state index in [2.05, 4.69) is 31.1 Å². The number of nitrogens with one attached hydrogen (secondary N) is 1. The molecule has 0 spiro atoms. The number of hydrogen-bond donors (Lipinski definition) is 1. The van der Waals surface area contributed by atoms with Gasteiger partial charge in [-0.3, -0.25) is 4.79 Å². The topological polar surface area (TPSA) is 59.4 Å². The molecule has 1 saturated heterocycles. The Balaban J connectivity index is 1.55. The van der Waals surface area contributed by atoms with E-state index < -0.39 is 0 Å². The first kappa shape index (κ1) is 17.1. The van der Waals surface area contributed by atoms with Crippen LogP contribution in [0.1, 0.15) is 10.5 Å². The number of carbonyl (C=O) groups is 1. The standard InChI is InChI=1S/C19H19BrN4O2/c1-23-15-5-3-2-4-14(15)17(20)18(23)19(25)22-13-6-7-16(21-12-13)24-8-10-26-11-9-24/h2-7,12H,8-11H2,1H3,(H,22,25). The molecule has 0 bridgehead atoms. The Morgan fingerprint density at radius 3 is 2.65 bits per heavy atom. The molecule has 134 valence electrons. The lowest BCUT2D eigenvalue weighted by molar-refractivity contribution is 0.101. The van der Waals surface area contributed by atoms with Gasteiger partial charge in [-0.25, -0.2) is 4.98 Å². The van der Waals surface area contributed by atoms with Crippen LogP contribution in [0.15, 0.2) is 47.1 Å². The van der Waals surface area contributed by atoms with Crippen molar-refractivity contribution in [3.8, 4) is 0 Å². The van der Waals surface area contributed by atoms with E-state index in [4.69, 9.17) is 4.74 Å². The van der Waals surface area contributed by atoms with E-state index in [-0.39, 0.29) is 5.91 Å². The van der Waals surface area contributed by atoms with Gasteiger partial charge in [-0.05, 0) is 34.1 Å². The number of fused-ring (bicyclic) bond motifs is 1. The highest BCUT2D eigenvalue weighted by molar-refractivity contribution is 9.10. The third-order valence-electron chi connectivity index (χ3n) is 4.60. The van der Waals surface area contributed by atoms with Gasteiger partial charge in [0.1, 0.15) is 11.5 Å². The molecule has 1 fully saturated rings. The summed E-state index contributed by atoms with van der Waals surface area (Å²) in [5.74, 6) is 0.730. The number of carbonyl (C=O) groups excluding carboxylic acids is 1. The molecule has 2 aromatic heterocycles. The van der Waals surface area contributed by atoms with Crippen molar-refractivity contribution in [1.82, 2.24) is 9.55 Å². The number of amides is 1. The Morgan fingerprint density at radius 2 is 1.96 bits per heavy atom. The van der Waals surface area contributed by atoms with E-state index in [1.165, 1.54) is 0 Å². The lowest BCUT2D eigenvalue weighted by atomic mass is 10.2. The molecule has 7 heteroatoms. The van der Waals surface area contributed by atoms with Gasteiger partial charge in [0.15, 0.2) is 0 Å². The average molecular weight is 415 g/mol. The smallest absolute Gasteiger partial charge is 0.273 e. The van der Waals surface area contributed by atoms with E-state index in [1.807, 2.05) is 48.0 Å². The molecule has 1 N–H and O–H groups in total. The van der Waals surface area contributed by atoms with Gasteiger partial charge in [-0.1, -0.05) is 18.2 Å². The average Bonchev–Trinajstić information content (AvgIpc) is 2.94. The maximum Gasteiger partial charge on any atom is 0.273 e. The first-order chi connectivity index (χ1) is 12.6. The van der Waals surface area contributed by atoms with Gasteiger partial charge >= 0.3 is 0 Å². The number of ether oxygens (including phenoxy) is 1. The predicted molar refractivity (Wildman–Crippen MR) is 106 cm³/mol. The van der Waals surface area contributed by atoms with Crippen LogP contribution in [0.2, 0.25) is 0 Å². The molecule has 0 unspecified atom stereocenters. The van der Waals surface area contributed by atoms with Gasteiger partial charge < -0.3 is 19.5 Å². The Hall–Kier alpha value is -2.38. The zero-order chi connectivity index (χ0) is 18.1. The summed E-state index contributed by atoms with van der Waals surface area (Å²) in [6.45, 7) is 3.10. The van der Waals surface area contributed by atoms with E-state index in [9.17, 15) is 4.79 Å². The Morgan fingerprint density at radius 1 is 1.19 bits per heavy atom. The summed E-state index contributed by atoms with van der Waals surface area (Å²) >= 11 is 3.56. The third kappa shape index (κ3) is 3.08. The van der Waals surface area contributed by atoms with Crippen LogP contribution in [0.4, 0.5) is 11.5 Å². The third-order valence-corrected chi connectivity index (χ3v) is 5.40. The quantitative estimate of drug-likeness (QED) is 0.712. The van der Waals surface area contributed by atoms with Crippen LogP contribution < -0.4 is 10.2 Å². The highest BCUT2D eigenvalue weighted by Gasteiger charge is 2.19.